The third-order valence-electron chi connectivity index (χ3n) is 2.55. The average molecular weight is 278 g/mol. The largest absolute Gasteiger partial charge is 0.484 e. The minimum Gasteiger partial charge on any atom is -0.484 e. The van der Waals surface area contributed by atoms with Crippen molar-refractivity contribution in [3.05, 3.63) is 47.9 Å². The van der Waals surface area contributed by atoms with Crippen LogP contribution in [0.5, 0.6) is 5.75 Å². The molecule has 0 bridgehead atoms. The van der Waals surface area contributed by atoms with Crippen LogP contribution in [0, 0.1) is 0 Å². The predicted molar refractivity (Wildman–Crippen MR) is 72.9 cm³/mol. The summed E-state index contributed by atoms with van der Waals surface area (Å²) in [5.41, 5.74) is 2.45. The molecule has 19 heavy (non-hydrogen) atoms. The molecule has 5 nitrogen and oxygen atoms in total. The monoisotopic (exact) mass is 278 g/mol. The fourth-order valence-electron chi connectivity index (χ4n) is 1.61. The molecule has 2 aromatic rings. The highest BCUT2D eigenvalue weighted by Gasteiger charge is 2.14. The van der Waals surface area contributed by atoms with Gasteiger partial charge < -0.3 is 9.15 Å². The lowest BCUT2D eigenvalue weighted by atomic mass is 10.2. The summed E-state index contributed by atoms with van der Waals surface area (Å²) in [4.78, 5) is 12.5. The molecule has 0 saturated carbocycles. The first kappa shape index (κ1) is 13.5. The van der Waals surface area contributed by atoms with E-state index in [1.54, 1.807) is 17.8 Å². The Bertz CT molecular complexity index is 569. The van der Waals surface area contributed by atoms with Gasteiger partial charge in [-0.05, 0) is 24.5 Å². The van der Waals surface area contributed by atoms with E-state index in [1.807, 2.05) is 30.5 Å². The third-order valence-corrected chi connectivity index (χ3v) is 3.33. The summed E-state index contributed by atoms with van der Waals surface area (Å²) in [5, 5.41) is 0. The highest BCUT2D eigenvalue weighted by Crippen LogP contribution is 2.27. The lowest BCUT2D eigenvalue weighted by Gasteiger charge is -2.09. The van der Waals surface area contributed by atoms with Gasteiger partial charge in [-0.3, -0.25) is 10.2 Å². The SMILES string of the molecule is CSc1ccccc1OCc1occc1C(=O)NN. The molecule has 0 aliphatic rings. The zero-order valence-electron chi connectivity index (χ0n) is 10.4. The van der Waals surface area contributed by atoms with Gasteiger partial charge in [0.25, 0.3) is 5.91 Å². The number of ether oxygens (including phenoxy) is 1. The Morgan fingerprint density at radius 1 is 1.42 bits per heavy atom. The molecular formula is C13H14N2O3S. The van der Waals surface area contributed by atoms with Crippen molar-refractivity contribution in [2.45, 2.75) is 11.5 Å². The molecule has 0 fully saturated rings. The van der Waals surface area contributed by atoms with E-state index in [4.69, 9.17) is 15.0 Å². The van der Waals surface area contributed by atoms with Gasteiger partial charge >= 0.3 is 0 Å². The van der Waals surface area contributed by atoms with Crippen LogP contribution in [0.4, 0.5) is 0 Å². The molecule has 3 N–H and O–H groups in total. The van der Waals surface area contributed by atoms with Gasteiger partial charge in [-0.1, -0.05) is 12.1 Å². The Morgan fingerprint density at radius 3 is 2.95 bits per heavy atom. The molecule has 1 aromatic heterocycles. The fraction of sp³-hybridized carbons (Fsp3) is 0.154. The summed E-state index contributed by atoms with van der Waals surface area (Å²) < 4.78 is 10.9. The van der Waals surface area contributed by atoms with Crippen molar-refractivity contribution in [3.8, 4) is 5.75 Å². The first-order chi connectivity index (χ1) is 9.26. The Hall–Kier alpha value is -1.92. The van der Waals surface area contributed by atoms with Gasteiger partial charge in [0.2, 0.25) is 0 Å². The molecule has 0 unspecified atom stereocenters. The molecule has 1 amide bonds. The summed E-state index contributed by atoms with van der Waals surface area (Å²) in [7, 11) is 0. The minimum atomic E-state index is -0.398. The van der Waals surface area contributed by atoms with Crippen molar-refractivity contribution in [1.29, 1.82) is 0 Å². The van der Waals surface area contributed by atoms with E-state index >= 15 is 0 Å². The van der Waals surface area contributed by atoms with Gasteiger partial charge in [0.15, 0.2) is 5.76 Å². The van der Waals surface area contributed by atoms with E-state index < -0.39 is 5.91 Å². The Labute approximate surface area is 115 Å². The van der Waals surface area contributed by atoms with Crippen molar-refractivity contribution >= 4 is 17.7 Å². The lowest BCUT2D eigenvalue weighted by molar-refractivity contribution is 0.0949. The van der Waals surface area contributed by atoms with Crippen LogP contribution in [0.3, 0.4) is 0 Å². The number of para-hydroxylation sites is 1. The van der Waals surface area contributed by atoms with Crippen molar-refractivity contribution in [2.75, 3.05) is 6.26 Å². The number of carbonyl (C=O) groups excluding carboxylic acids is 1. The zero-order chi connectivity index (χ0) is 13.7. The second kappa shape index (κ2) is 6.31. The molecule has 6 heteroatoms. The molecule has 0 saturated heterocycles. The number of nitrogen functional groups attached to an aromatic ring is 1. The first-order valence-corrected chi connectivity index (χ1v) is 6.82. The van der Waals surface area contributed by atoms with Crippen LogP contribution >= 0.6 is 11.8 Å². The number of nitrogens with two attached hydrogens (primary N) is 1. The van der Waals surface area contributed by atoms with E-state index in [0.29, 0.717) is 11.3 Å². The van der Waals surface area contributed by atoms with Gasteiger partial charge in [-0.2, -0.15) is 0 Å². The quantitative estimate of drug-likeness (QED) is 0.379. The number of carbonyl (C=O) groups is 1. The molecule has 0 spiro atoms. The number of hydrogen-bond donors (Lipinski definition) is 2. The highest BCUT2D eigenvalue weighted by molar-refractivity contribution is 7.98. The maximum absolute atomic E-state index is 11.5. The molecule has 1 aromatic carbocycles. The van der Waals surface area contributed by atoms with Gasteiger partial charge in [0.1, 0.15) is 12.4 Å². The summed E-state index contributed by atoms with van der Waals surface area (Å²) in [6, 6.07) is 9.23. The Kier molecular flexibility index (Phi) is 4.48. The molecule has 0 radical (unpaired) electrons. The van der Waals surface area contributed by atoms with Crippen molar-refractivity contribution in [1.82, 2.24) is 5.43 Å². The zero-order valence-corrected chi connectivity index (χ0v) is 11.2. The van der Waals surface area contributed by atoms with Crippen LogP contribution in [-0.4, -0.2) is 12.2 Å². The first-order valence-electron chi connectivity index (χ1n) is 5.59. The lowest BCUT2D eigenvalue weighted by Crippen LogP contribution is -2.30. The average Bonchev–Trinajstić information content (AvgIpc) is 2.93. The summed E-state index contributed by atoms with van der Waals surface area (Å²) in [6.07, 6.45) is 3.41. The number of benzene rings is 1. The Balaban J connectivity index is 2.11. The molecule has 1 heterocycles. The standard InChI is InChI=1S/C13H14N2O3S/c1-19-12-5-3-2-4-10(12)18-8-11-9(6-7-17-11)13(16)15-14/h2-7H,8,14H2,1H3,(H,15,16). The van der Waals surface area contributed by atoms with Crippen LogP contribution in [0.15, 0.2) is 45.9 Å². The van der Waals surface area contributed by atoms with Gasteiger partial charge in [-0.15, -0.1) is 11.8 Å². The summed E-state index contributed by atoms with van der Waals surface area (Å²) in [6.45, 7) is 0.174. The number of rotatable bonds is 5. The molecule has 0 atom stereocenters. The normalized spacial score (nSPS) is 10.2. The fourth-order valence-corrected chi connectivity index (χ4v) is 2.16. The molecule has 0 aliphatic heterocycles. The predicted octanol–water partition coefficient (Wildman–Crippen LogP) is 2.18. The number of hydrazine groups is 1. The highest BCUT2D eigenvalue weighted by atomic mass is 32.2. The van der Waals surface area contributed by atoms with Crippen LogP contribution in [0.2, 0.25) is 0 Å². The maximum atomic E-state index is 11.5. The van der Waals surface area contributed by atoms with Gasteiger partial charge in [0, 0.05) is 4.90 Å². The second-order valence-electron chi connectivity index (χ2n) is 3.67. The van der Waals surface area contributed by atoms with Crippen molar-refractivity contribution in [3.63, 3.8) is 0 Å². The van der Waals surface area contributed by atoms with Crippen LogP contribution < -0.4 is 16.0 Å². The van der Waals surface area contributed by atoms with E-state index in [0.717, 1.165) is 10.6 Å². The van der Waals surface area contributed by atoms with E-state index in [2.05, 4.69) is 5.43 Å². The van der Waals surface area contributed by atoms with E-state index in [9.17, 15) is 4.79 Å². The third kappa shape index (κ3) is 3.10. The van der Waals surface area contributed by atoms with Crippen molar-refractivity contribution < 1.29 is 13.9 Å². The summed E-state index contributed by atoms with van der Waals surface area (Å²) in [5.74, 6) is 5.90. The summed E-state index contributed by atoms with van der Waals surface area (Å²) >= 11 is 1.59. The molecule has 0 aliphatic carbocycles. The Morgan fingerprint density at radius 2 is 2.21 bits per heavy atom. The van der Waals surface area contributed by atoms with Gasteiger partial charge in [-0.25, -0.2) is 5.84 Å². The number of hydrogen-bond acceptors (Lipinski definition) is 5. The van der Waals surface area contributed by atoms with E-state index in [-0.39, 0.29) is 6.61 Å². The topological polar surface area (TPSA) is 77.5 Å². The molecule has 2 rings (SSSR count). The number of thioether (sulfide) groups is 1. The molecule has 100 valence electrons. The number of amides is 1. The van der Waals surface area contributed by atoms with Crippen LogP contribution in [-0.2, 0) is 6.61 Å². The molecular weight excluding hydrogens is 264 g/mol. The minimum absolute atomic E-state index is 0.174. The van der Waals surface area contributed by atoms with Gasteiger partial charge in [0.05, 0.1) is 11.8 Å². The smallest absolute Gasteiger partial charge is 0.268 e. The van der Waals surface area contributed by atoms with E-state index in [1.165, 1.54) is 6.26 Å². The van der Waals surface area contributed by atoms with Crippen LogP contribution in [0.25, 0.3) is 0 Å². The van der Waals surface area contributed by atoms with Crippen LogP contribution in [0.1, 0.15) is 16.1 Å². The number of furan rings is 1. The number of nitrogens with one attached hydrogen (secondary N) is 1. The second-order valence-corrected chi connectivity index (χ2v) is 4.52. The van der Waals surface area contributed by atoms with Crippen molar-refractivity contribution in [2.24, 2.45) is 5.84 Å². The maximum Gasteiger partial charge on any atom is 0.268 e.